The van der Waals surface area contributed by atoms with Crippen LogP contribution in [-0.4, -0.2) is 70.4 Å². The number of hydrogen-bond donors (Lipinski definition) is 0. The zero-order valence-electron chi connectivity index (χ0n) is 9.15. The van der Waals surface area contributed by atoms with Gasteiger partial charge in [0, 0.05) is 26.9 Å². The molecule has 0 rings (SSSR count). The molecule has 84 valence electrons. The number of likely N-dealkylation sites (N-methyl/N-ethyl adjacent to an activating group) is 2. The lowest BCUT2D eigenvalue weighted by Gasteiger charge is -2.18. The first-order valence-corrected chi connectivity index (χ1v) is 6.35. The van der Waals surface area contributed by atoms with Crippen molar-refractivity contribution in [2.24, 2.45) is 0 Å². The van der Waals surface area contributed by atoms with Gasteiger partial charge >= 0.3 is 0 Å². The maximum Gasteiger partial charge on any atom is 0.236 e. The van der Waals surface area contributed by atoms with E-state index in [-0.39, 0.29) is 18.2 Å². The van der Waals surface area contributed by atoms with Crippen LogP contribution >= 0.6 is 0 Å². The normalized spacial score (nSPS) is 11.8. The monoisotopic (exact) mass is 222 g/mol. The summed E-state index contributed by atoms with van der Waals surface area (Å²) in [5.41, 5.74) is 0. The number of nitrogens with zero attached hydrogens (tertiary/aromatic N) is 2. The van der Waals surface area contributed by atoms with Crippen LogP contribution in [-0.2, 0) is 14.6 Å². The van der Waals surface area contributed by atoms with Crippen LogP contribution < -0.4 is 0 Å². The highest BCUT2D eigenvalue weighted by Gasteiger charge is 2.10. The van der Waals surface area contributed by atoms with Gasteiger partial charge in [0.1, 0.15) is 9.84 Å². The van der Waals surface area contributed by atoms with E-state index in [1.165, 1.54) is 11.2 Å². The number of amides is 1. The van der Waals surface area contributed by atoms with Crippen LogP contribution in [0.25, 0.3) is 0 Å². The highest BCUT2D eigenvalue weighted by molar-refractivity contribution is 7.90. The van der Waals surface area contributed by atoms with E-state index < -0.39 is 9.84 Å². The molecule has 0 saturated heterocycles. The standard InChI is InChI=1S/C8H18N2O3S/c1-9(2)8(11)7-10(3)5-6-14(4,12)13/h5-7H2,1-4H3. The van der Waals surface area contributed by atoms with Gasteiger partial charge in [-0.3, -0.25) is 9.69 Å². The molecule has 0 heterocycles. The zero-order chi connectivity index (χ0) is 11.4. The highest BCUT2D eigenvalue weighted by atomic mass is 32.2. The predicted molar refractivity (Wildman–Crippen MR) is 55.9 cm³/mol. The number of sulfone groups is 1. The summed E-state index contributed by atoms with van der Waals surface area (Å²) in [7, 11) is 2.13. The molecule has 0 bridgehead atoms. The molecule has 0 spiro atoms. The van der Waals surface area contributed by atoms with Gasteiger partial charge in [-0.25, -0.2) is 8.42 Å². The highest BCUT2D eigenvalue weighted by Crippen LogP contribution is 1.89. The van der Waals surface area contributed by atoms with Gasteiger partial charge < -0.3 is 4.90 Å². The van der Waals surface area contributed by atoms with Crippen LogP contribution in [0.15, 0.2) is 0 Å². The SMILES string of the molecule is CN(CCS(C)(=O)=O)CC(=O)N(C)C. The summed E-state index contributed by atoms with van der Waals surface area (Å²) >= 11 is 0. The molecule has 0 N–H and O–H groups in total. The van der Waals surface area contributed by atoms with Crippen LogP contribution in [0.1, 0.15) is 0 Å². The first-order valence-electron chi connectivity index (χ1n) is 4.29. The van der Waals surface area contributed by atoms with Crippen molar-refractivity contribution in [2.75, 3.05) is 46.2 Å². The topological polar surface area (TPSA) is 57.7 Å². The van der Waals surface area contributed by atoms with Crippen molar-refractivity contribution in [3.05, 3.63) is 0 Å². The fourth-order valence-corrected chi connectivity index (χ4v) is 1.42. The van der Waals surface area contributed by atoms with E-state index in [4.69, 9.17) is 0 Å². The van der Waals surface area contributed by atoms with Crippen molar-refractivity contribution in [3.63, 3.8) is 0 Å². The summed E-state index contributed by atoms with van der Waals surface area (Å²) in [5, 5.41) is 0. The summed E-state index contributed by atoms with van der Waals surface area (Å²) < 4.78 is 21.7. The second-order valence-electron chi connectivity index (χ2n) is 3.66. The molecule has 0 saturated carbocycles. The van der Waals surface area contributed by atoms with Crippen molar-refractivity contribution >= 4 is 15.7 Å². The third-order valence-electron chi connectivity index (χ3n) is 1.75. The smallest absolute Gasteiger partial charge is 0.236 e. The molecule has 1 amide bonds. The molecule has 0 fully saturated rings. The average Bonchev–Trinajstić information content (AvgIpc) is 1.99. The largest absolute Gasteiger partial charge is 0.348 e. The fourth-order valence-electron chi connectivity index (χ4n) is 0.773. The van der Waals surface area contributed by atoms with Gasteiger partial charge in [-0.2, -0.15) is 0 Å². The van der Waals surface area contributed by atoms with E-state index in [1.54, 1.807) is 26.0 Å². The molecule has 0 aliphatic carbocycles. The Morgan fingerprint density at radius 1 is 1.21 bits per heavy atom. The second-order valence-corrected chi connectivity index (χ2v) is 5.92. The quantitative estimate of drug-likeness (QED) is 0.602. The Balaban J connectivity index is 3.88. The fraction of sp³-hybridized carbons (Fsp3) is 0.875. The summed E-state index contributed by atoms with van der Waals surface area (Å²) in [6, 6.07) is 0. The van der Waals surface area contributed by atoms with E-state index >= 15 is 0 Å². The number of hydrogen-bond acceptors (Lipinski definition) is 4. The molecule has 0 unspecified atom stereocenters. The third kappa shape index (κ3) is 6.85. The molecule has 5 nitrogen and oxygen atoms in total. The minimum Gasteiger partial charge on any atom is -0.348 e. The summed E-state index contributed by atoms with van der Waals surface area (Å²) in [6.45, 7) is 0.640. The van der Waals surface area contributed by atoms with Crippen molar-refractivity contribution in [1.29, 1.82) is 0 Å². The molecule has 0 aromatic rings. The lowest BCUT2D eigenvalue weighted by Crippen LogP contribution is -2.36. The predicted octanol–water partition coefficient (Wildman–Crippen LogP) is -0.949. The maximum atomic E-state index is 11.2. The summed E-state index contributed by atoms with van der Waals surface area (Å²) in [5.74, 6) is 0.0607. The van der Waals surface area contributed by atoms with Crippen molar-refractivity contribution in [2.45, 2.75) is 0 Å². The Hall–Kier alpha value is -0.620. The third-order valence-corrected chi connectivity index (χ3v) is 2.67. The van der Waals surface area contributed by atoms with Gasteiger partial charge in [0.05, 0.1) is 12.3 Å². The molecule has 0 radical (unpaired) electrons. The van der Waals surface area contributed by atoms with Gasteiger partial charge in [-0.1, -0.05) is 0 Å². The van der Waals surface area contributed by atoms with E-state index in [0.29, 0.717) is 6.54 Å². The Morgan fingerprint density at radius 3 is 2.07 bits per heavy atom. The molecule has 0 aliphatic rings. The lowest BCUT2D eigenvalue weighted by atomic mass is 10.5. The van der Waals surface area contributed by atoms with E-state index in [1.807, 2.05) is 0 Å². The number of rotatable bonds is 5. The Bertz CT molecular complexity index is 285. The Kier molecular flexibility index (Phi) is 5.07. The van der Waals surface area contributed by atoms with Crippen molar-refractivity contribution in [1.82, 2.24) is 9.80 Å². The zero-order valence-corrected chi connectivity index (χ0v) is 9.97. The summed E-state index contributed by atoms with van der Waals surface area (Å²) in [4.78, 5) is 14.4. The minimum atomic E-state index is -2.94. The molecule has 14 heavy (non-hydrogen) atoms. The molecular weight excluding hydrogens is 204 g/mol. The van der Waals surface area contributed by atoms with E-state index in [2.05, 4.69) is 0 Å². The van der Waals surface area contributed by atoms with Crippen LogP contribution in [0.4, 0.5) is 0 Å². The summed E-state index contributed by atoms with van der Waals surface area (Å²) in [6.07, 6.45) is 1.19. The molecule has 0 atom stereocenters. The van der Waals surface area contributed by atoms with Crippen molar-refractivity contribution < 1.29 is 13.2 Å². The Labute approximate surface area is 85.6 Å². The van der Waals surface area contributed by atoms with Gasteiger partial charge in [0.25, 0.3) is 0 Å². The molecule has 0 aromatic heterocycles. The first kappa shape index (κ1) is 13.4. The van der Waals surface area contributed by atoms with E-state index in [0.717, 1.165) is 0 Å². The van der Waals surface area contributed by atoms with E-state index in [9.17, 15) is 13.2 Å². The minimum absolute atomic E-state index is 0.0269. The number of carbonyl (C=O) groups excluding carboxylic acids is 1. The van der Waals surface area contributed by atoms with Crippen LogP contribution in [0.3, 0.4) is 0 Å². The van der Waals surface area contributed by atoms with Gasteiger partial charge in [-0.05, 0) is 7.05 Å². The lowest BCUT2D eigenvalue weighted by molar-refractivity contribution is -0.129. The van der Waals surface area contributed by atoms with Gasteiger partial charge in [0.2, 0.25) is 5.91 Å². The van der Waals surface area contributed by atoms with Gasteiger partial charge in [-0.15, -0.1) is 0 Å². The molecule has 6 heteroatoms. The first-order chi connectivity index (χ1) is 6.22. The van der Waals surface area contributed by atoms with Crippen LogP contribution in [0.5, 0.6) is 0 Å². The molecule has 0 aliphatic heterocycles. The molecular formula is C8H18N2O3S. The van der Waals surface area contributed by atoms with Gasteiger partial charge in [0.15, 0.2) is 0 Å². The van der Waals surface area contributed by atoms with Crippen LogP contribution in [0, 0.1) is 0 Å². The second kappa shape index (κ2) is 5.31. The molecule has 0 aromatic carbocycles. The van der Waals surface area contributed by atoms with Crippen LogP contribution in [0.2, 0.25) is 0 Å². The maximum absolute atomic E-state index is 11.2. The number of carbonyl (C=O) groups is 1. The Morgan fingerprint density at radius 2 is 1.71 bits per heavy atom. The average molecular weight is 222 g/mol. The van der Waals surface area contributed by atoms with Crippen molar-refractivity contribution in [3.8, 4) is 0 Å².